The van der Waals surface area contributed by atoms with Gasteiger partial charge >= 0.3 is 4.87 Å². The van der Waals surface area contributed by atoms with Crippen molar-refractivity contribution in [2.45, 2.75) is 43.2 Å². The van der Waals surface area contributed by atoms with Crippen LogP contribution in [-0.4, -0.2) is 34.4 Å². The molecule has 0 radical (unpaired) electrons. The Balaban J connectivity index is 1.43. The van der Waals surface area contributed by atoms with Gasteiger partial charge in [0.2, 0.25) is 10.0 Å². The van der Waals surface area contributed by atoms with Gasteiger partial charge in [0.05, 0.1) is 22.6 Å². The van der Waals surface area contributed by atoms with Crippen LogP contribution in [0.4, 0.5) is 0 Å². The molecule has 1 aliphatic rings. The molecule has 2 N–H and O–H groups in total. The Labute approximate surface area is 210 Å². The Morgan fingerprint density at radius 2 is 2.00 bits per heavy atom. The van der Waals surface area contributed by atoms with Crippen molar-refractivity contribution in [3.63, 3.8) is 0 Å². The van der Waals surface area contributed by atoms with Crippen LogP contribution in [0, 0.1) is 0 Å². The molecule has 0 bridgehead atoms. The van der Waals surface area contributed by atoms with Gasteiger partial charge < -0.3 is 9.72 Å². The monoisotopic (exact) mass is 531 g/mol. The first kappa shape index (κ1) is 23.7. The zero-order valence-corrected chi connectivity index (χ0v) is 20.9. The first-order chi connectivity index (χ1) is 16.9. The standard InChI is InChI=1S/C23H22ClN5O4S2/c24-18-7-3-4-8-20(18)29-12-17(26-28-29)13-33-21-10-9-15(19-14-34-23(30)25-19)11-22(21)35(31,32)27-16-5-1-2-6-16/h3-4,7-12,14,16,27H,1-2,5-6,13H2,(H,25,30). The van der Waals surface area contributed by atoms with Crippen molar-refractivity contribution >= 4 is 33.0 Å². The van der Waals surface area contributed by atoms with E-state index in [2.05, 4.69) is 20.0 Å². The first-order valence-electron chi connectivity index (χ1n) is 11.0. The smallest absolute Gasteiger partial charge is 0.304 e. The highest BCUT2D eigenvalue weighted by Crippen LogP contribution is 2.31. The lowest BCUT2D eigenvalue weighted by Gasteiger charge is -2.16. The van der Waals surface area contributed by atoms with E-state index in [0.717, 1.165) is 37.0 Å². The van der Waals surface area contributed by atoms with Crippen LogP contribution >= 0.6 is 22.9 Å². The number of nitrogens with one attached hydrogen (secondary N) is 2. The van der Waals surface area contributed by atoms with Gasteiger partial charge in [-0.25, -0.2) is 17.8 Å². The molecule has 1 aliphatic carbocycles. The molecule has 0 amide bonds. The van der Waals surface area contributed by atoms with E-state index in [0.29, 0.717) is 27.7 Å². The molecule has 4 aromatic rings. The Bertz CT molecular complexity index is 1510. The number of sulfonamides is 1. The minimum absolute atomic E-state index is 0.00499. The molecular weight excluding hydrogens is 510 g/mol. The van der Waals surface area contributed by atoms with E-state index in [1.165, 1.54) is 10.7 Å². The van der Waals surface area contributed by atoms with Crippen LogP contribution in [0.25, 0.3) is 16.9 Å². The highest BCUT2D eigenvalue weighted by molar-refractivity contribution is 7.89. The van der Waals surface area contributed by atoms with Crippen LogP contribution in [0.3, 0.4) is 0 Å². The highest BCUT2D eigenvalue weighted by Gasteiger charge is 2.26. The molecule has 1 saturated carbocycles. The van der Waals surface area contributed by atoms with E-state index >= 15 is 0 Å². The zero-order valence-electron chi connectivity index (χ0n) is 18.5. The van der Waals surface area contributed by atoms with E-state index in [4.69, 9.17) is 16.3 Å². The van der Waals surface area contributed by atoms with Crippen LogP contribution in [0.5, 0.6) is 5.75 Å². The summed E-state index contributed by atoms with van der Waals surface area (Å²) in [5.74, 6) is 0.184. The lowest BCUT2D eigenvalue weighted by molar-refractivity contribution is 0.293. The van der Waals surface area contributed by atoms with Crippen LogP contribution in [0.15, 0.2) is 63.7 Å². The maximum atomic E-state index is 13.3. The minimum Gasteiger partial charge on any atom is -0.486 e. The van der Waals surface area contributed by atoms with Crippen molar-refractivity contribution < 1.29 is 13.2 Å². The van der Waals surface area contributed by atoms with E-state index in [1.54, 1.807) is 29.8 Å². The van der Waals surface area contributed by atoms with Gasteiger partial charge in [-0.3, -0.25) is 4.79 Å². The van der Waals surface area contributed by atoms with Gasteiger partial charge in [0.25, 0.3) is 0 Å². The molecule has 2 aromatic heterocycles. The largest absolute Gasteiger partial charge is 0.486 e. The average molecular weight is 532 g/mol. The molecular formula is C23H22ClN5O4S2. The average Bonchev–Trinajstić information content (AvgIpc) is 3.60. The van der Waals surface area contributed by atoms with Gasteiger partial charge in [0.1, 0.15) is 22.9 Å². The third-order valence-electron chi connectivity index (χ3n) is 5.76. The molecule has 9 nitrogen and oxygen atoms in total. The highest BCUT2D eigenvalue weighted by atomic mass is 35.5. The normalized spacial score (nSPS) is 14.4. The number of thiazole rings is 1. The van der Waals surface area contributed by atoms with Gasteiger partial charge in [-0.2, -0.15) is 0 Å². The molecule has 0 unspecified atom stereocenters. The number of rotatable bonds is 8. The summed E-state index contributed by atoms with van der Waals surface area (Å²) in [6.07, 6.45) is 5.27. The van der Waals surface area contributed by atoms with Crippen LogP contribution in [0.2, 0.25) is 5.02 Å². The van der Waals surface area contributed by atoms with Crippen molar-refractivity contribution in [3.8, 4) is 22.7 Å². The summed E-state index contributed by atoms with van der Waals surface area (Å²) in [7, 11) is -3.87. The van der Waals surface area contributed by atoms with Crippen molar-refractivity contribution in [2.75, 3.05) is 0 Å². The van der Waals surface area contributed by atoms with E-state index in [9.17, 15) is 13.2 Å². The van der Waals surface area contributed by atoms with E-state index in [1.807, 2.05) is 18.2 Å². The summed E-state index contributed by atoms with van der Waals surface area (Å²) in [5, 5.41) is 10.4. The fourth-order valence-corrected chi connectivity index (χ4v) is 6.31. The zero-order chi connectivity index (χ0) is 24.4. The Hall–Kier alpha value is -2.99. The number of H-pyrrole nitrogens is 1. The molecule has 12 heteroatoms. The van der Waals surface area contributed by atoms with Crippen LogP contribution in [0.1, 0.15) is 31.4 Å². The number of aromatic amines is 1. The topological polar surface area (TPSA) is 119 Å². The van der Waals surface area contributed by atoms with Gasteiger partial charge in [0, 0.05) is 17.0 Å². The van der Waals surface area contributed by atoms with Gasteiger partial charge in [0.15, 0.2) is 0 Å². The molecule has 0 aliphatic heterocycles. The SMILES string of the molecule is O=c1[nH]c(-c2ccc(OCc3cn(-c4ccccc4Cl)nn3)c(S(=O)(=O)NC3CCCC3)c2)cs1. The second kappa shape index (κ2) is 9.94. The van der Waals surface area contributed by atoms with Gasteiger partial charge in [-0.15, -0.1) is 5.10 Å². The quantitative estimate of drug-likeness (QED) is 0.353. The minimum atomic E-state index is -3.87. The predicted octanol–water partition coefficient (Wildman–Crippen LogP) is 4.14. The van der Waals surface area contributed by atoms with Crippen molar-refractivity contribution in [2.24, 2.45) is 0 Å². The van der Waals surface area contributed by atoms with Crippen molar-refractivity contribution in [1.29, 1.82) is 0 Å². The summed E-state index contributed by atoms with van der Waals surface area (Å²) in [6.45, 7) is 0.00499. The van der Waals surface area contributed by atoms with E-state index < -0.39 is 10.0 Å². The summed E-state index contributed by atoms with van der Waals surface area (Å²) in [4.78, 5) is 14.1. The van der Waals surface area contributed by atoms with Crippen molar-refractivity contribution in [3.05, 3.63) is 74.4 Å². The molecule has 5 rings (SSSR count). The molecule has 0 spiro atoms. The maximum Gasteiger partial charge on any atom is 0.304 e. The Morgan fingerprint density at radius 1 is 1.20 bits per heavy atom. The molecule has 35 heavy (non-hydrogen) atoms. The number of hydrogen-bond acceptors (Lipinski definition) is 7. The van der Waals surface area contributed by atoms with Crippen LogP contribution in [-0.2, 0) is 16.6 Å². The second-order valence-corrected chi connectivity index (χ2v) is 11.2. The van der Waals surface area contributed by atoms with Gasteiger partial charge in [-0.1, -0.05) is 53.1 Å². The molecule has 2 aromatic carbocycles. The molecule has 182 valence electrons. The third-order valence-corrected chi connectivity index (χ3v) is 8.29. The second-order valence-electron chi connectivity index (χ2n) is 8.22. The lowest BCUT2D eigenvalue weighted by atomic mass is 10.2. The van der Waals surface area contributed by atoms with Gasteiger partial charge in [-0.05, 0) is 43.2 Å². The summed E-state index contributed by atoms with van der Waals surface area (Å²) in [6, 6.07) is 12.0. The number of aromatic nitrogens is 4. The summed E-state index contributed by atoms with van der Waals surface area (Å²) >= 11 is 7.25. The molecule has 2 heterocycles. The summed E-state index contributed by atoms with van der Waals surface area (Å²) < 4.78 is 36.9. The predicted molar refractivity (Wildman–Crippen MR) is 134 cm³/mol. The number of halogens is 1. The van der Waals surface area contributed by atoms with E-state index in [-0.39, 0.29) is 28.2 Å². The van der Waals surface area contributed by atoms with Crippen molar-refractivity contribution in [1.82, 2.24) is 24.7 Å². The first-order valence-corrected chi connectivity index (χ1v) is 13.8. The number of ether oxygens (including phenoxy) is 1. The molecule has 0 saturated heterocycles. The fourth-order valence-electron chi connectivity index (χ4n) is 4.02. The molecule has 0 atom stereocenters. The Kier molecular flexibility index (Phi) is 6.74. The fraction of sp³-hybridized carbons (Fsp3) is 0.261. The Morgan fingerprint density at radius 3 is 2.74 bits per heavy atom. The third kappa shape index (κ3) is 5.32. The summed E-state index contributed by atoms with van der Waals surface area (Å²) in [5.41, 5.74) is 2.30. The number of hydrogen-bond donors (Lipinski definition) is 2. The number of benzene rings is 2. The maximum absolute atomic E-state index is 13.3. The van der Waals surface area contributed by atoms with Crippen LogP contribution < -0.4 is 14.3 Å². The molecule has 1 fully saturated rings. The number of para-hydroxylation sites is 1. The lowest BCUT2D eigenvalue weighted by Crippen LogP contribution is -2.33. The number of nitrogens with zero attached hydrogens (tertiary/aromatic N) is 3.